The summed E-state index contributed by atoms with van der Waals surface area (Å²) < 4.78 is 0. The first-order valence-corrected chi connectivity index (χ1v) is 7.32. The van der Waals surface area contributed by atoms with Crippen LogP contribution < -0.4 is 5.32 Å². The van der Waals surface area contributed by atoms with Crippen LogP contribution in [-0.2, 0) is 0 Å². The number of piperazine rings is 1. The van der Waals surface area contributed by atoms with Gasteiger partial charge in [-0.15, -0.1) is 0 Å². The van der Waals surface area contributed by atoms with Crippen LogP contribution in [0.2, 0.25) is 5.02 Å². The maximum absolute atomic E-state index is 6.17. The van der Waals surface area contributed by atoms with E-state index in [1.165, 1.54) is 11.1 Å². The van der Waals surface area contributed by atoms with E-state index in [0.29, 0.717) is 0 Å². The van der Waals surface area contributed by atoms with Crippen molar-refractivity contribution in [2.24, 2.45) is 0 Å². The van der Waals surface area contributed by atoms with Gasteiger partial charge in [0.15, 0.2) is 0 Å². The third kappa shape index (κ3) is 3.01. The van der Waals surface area contributed by atoms with E-state index in [2.05, 4.69) is 39.5 Å². The Balaban J connectivity index is 1.98. The predicted molar refractivity (Wildman–Crippen MR) is 82.0 cm³/mol. The number of pyridine rings is 1. The highest BCUT2D eigenvalue weighted by Gasteiger charge is 2.23. The highest BCUT2D eigenvalue weighted by molar-refractivity contribution is 6.30. The second-order valence-electron chi connectivity index (χ2n) is 5.02. The zero-order valence-electron chi connectivity index (χ0n) is 11.3. The van der Waals surface area contributed by atoms with Gasteiger partial charge in [0.1, 0.15) is 0 Å². The highest BCUT2D eigenvalue weighted by Crippen LogP contribution is 2.29. The molecule has 1 saturated heterocycles. The molecule has 104 valence electrons. The molecule has 1 aliphatic rings. The van der Waals surface area contributed by atoms with Gasteiger partial charge in [-0.25, -0.2) is 0 Å². The summed E-state index contributed by atoms with van der Waals surface area (Å²) in [6, 6.07) is 12.6. The van der Waals surface area contributed by atoms with Crippen LogP contribution in [-0.4, -0.2) is 36.1 Å². The summed E-state index contributed by atoms with van der Waals surface area (Å²) in [6.07, 6.45) is 3.71. The van der Waals surface area contributed by atoms with Gasteiger partial charge < -0.3 is 5.32 Å². The number of benzene rings is 1. The minimum absolute atomic E-state index is 0.249. The lowest BCUT2D eigenvalue weighted by Crippen LogP contribution is -2.45. The lowest BCUT2D eigenvalue weighted by Gasteiger charge is -2.35. The minimum Gasteiger partial charge on any atom is -0.314 e. The van der Waals surface area contributed by atoms with Gasteiger partial charge in [-0.1, -0.05) is 23.7 Å². The SMILES string of the molecule is Clc1cccc(C(c2ccncc2)N2CCNCC2)c1. The number of nitrogens with zero attached hydrogens (tertiary/aromatic N) is 2. The summed E-state index contributed by atoms with van der Waals surface area (Å²) >= 11 is 6.17. The van der Waals surface area contributed by atoms with Crippen molar-refractivity contribution in [3.63, 3.8) is 0 Å². The van der Waals surface area contributed by atoms with Crippen molar-refractivity contribution in [1.82, 2.24) is 15.2 Å². The van der Waals surface area contributed by atoms with Crippen LogP contribution in [0.5, 0.6) is 0 Å². The van der Waals surface area contributed by atoms with Gasteiger partial charge in [0.05, 0.1) is 6.04 Å². The Kier molecular flexibility index (Phi) is 4.31. The van der Waals surface area contributed by atoms with E-state index in [9.17, 15) is 0 Å². The van der Waals surface area contributed by atoms with Crippen LogP contribution >= 0.6 is 11.6 Å². The molecule has 1 aliphatic heterocycles. The largest absolute Gasteiger partial charge is 0.314 e. The molecule has 0 radical (unpaired) electrons. The number of halogens is 1. The lowest BCUT2D eigenvalue weighted by molar-refractivity contribution is 0.198. The fourth-order valence-corrected chi connectivity index (χ4v) is 2.98. The topological polar surface area (TPSA) is 28.2 Å². The zero-order chi connectivity index (χ0) is 13.8. The molecule has 1 aromatic carbocycles. The maximum atomic E-state index is 6.17. The van der Waals surface area contributed by atoms with Gasteiger partial charge in [0.2, 0.25) is 0 Å². The maximum Gasteiger partial charge on any atom is 0.0604 e. The molecular weight excluding hydrogens is 270 g/mol. The number of hydrogen-bond donors (Lipinski definition) is 1. The first kappa shape index (κ1) is 13.6. The third-order valence-electron chi connectivity index (χ3n) is 3.70. The van der Waals surface area contributed by atoms with Crippen LogP contribution in [0.3, 0.4) is 0 Å². The number of aromatic nitrogens is 1. The van der Waals surface area contributed by atoms with Crippen LogP contribution in [0.25, 0.3) is 0 Å². The van der Waals surface area contributed by atoms with Crippen molar-refractivity contribution < 1.29 is 0 Å². The molecule has 0 spiro atoms. The van der Waals surface area contributed by atoms with Gasteiger partial charge in [0, 0.05) is 43.6 Å². The Morgan fingerprint density at radius 3 is 2.50 bits per heavy atom. The van der Waals surface area contributed by atoms with Crippen molar-refractivity contribution in [2.75, 3.05) is 26.2 Å². The molecule has 2 aromatic rings. The Morgan fingerprint density at radius 2 is 1.80 bits per heavy atom. The van der Waals surface area contributed by atoms with Crippen molar-refractivity contribution >= 4 is 11.6 Å². The van der Waals surface area contributed by atoms with Crippen molar-refractivity contribution in [1.29, 1.82) is 0 Å². The fourth-order valence-electron chi connectivity index (χ4n) is 2.78. The van der Waals surface area contributed by atoms with Crippen LogP contribution in [0, 0.1) is 0 Å². The molecule has 1 N–H and O–H groups in total. The molecule has 1 atom stereocenters. The van der Waals surface area contributed by atoms with E-state index < -0.39 is 0 Å². The molecular formula is C16H18ClN3. The summed E-state index contributed by atoms with van der Waals surface area (Å²) in [5.74, 6) is 0. The summed E-state index contributed by atoms with van der Waals surface area (Å²) in [6.45, 7) is 4.14. The molecule has 20 heavy (non-hydrogen) atoms. The number of hydrogen-bond acceptors (Lipinski definition) is 3. The monoisotopic (exact) mass is 287 g/mol. The quantitative estimate of drug-likeness (QED) is 0.941. The Labute approximate surface area is 124 Å². The molecule has 0 amide bonds. The number of nitrogens with one attached hydrogen (secondary N) is 1. The van der Waals surface area contributed by atoms with Gasteiger partial charge in [-0.2, -0.15) is 0 Å². The lowest BCUT2D eigenvalue weighted by atomic mass is 9.97. The van der Waals surface area contributed by atoms with E-state index >= 15 is 0 Å². The molecule has 0 saturated carbocycles. The van der Waals surface area contributed by atoms with Crippen LogP contribution in [0.4, 0.5) is 0 Å². The third-order valence-corrected chi connectivity index (χ3v) is 3.94. The van der Waals surface area contributed by atoms with Crippen LogP contribution in [0.15, 0.2) is 48.8 Å². The summed E-state index contributed by atoms with van der Waals surface area (Å²) in [5, 5.41) is 4.19. The zero-order valence-corrected chi connectivity index (χ0v) is 12.1. The molecule has 3 nitrogen and oxygen atoms in total. The van der Waals surface area contributed by atoms with Gasteiger partial charge in [-0.3, -0.25) is 9.88 Å². The Bertz CT molecular complexity index is 553. The predicted octanol–water partition coefficient (Wildman–Crippen LogP) is 2.73. The van der Waals surface area contributed by atoms with E-state index in [0.717, 1.165) is 31.2 Å². The summed E-state index contributed by atoms with van der Waals surface area (Å²) in [4.78, 5) is 6.62. The summed E-state index contributed by atoms with van der Waals surface area (Å²) in [7, 11) is 0. The normalized spacial score (nSPS) is 17.9. The van der Waals surface area contributed by atoms with Gasteiger partial charge in [-0.05, 0) is 35.4 Å². The second-order valence-corrected chi connectivity index (χ2v) is 5.46. The average Bonchev–Trinajstić information content (AvgIpc) is 2.50. The molecule has 4 heteroatoms. The smallest absolute Gasteiger partial charge is 0.0604 e. The molecule has 0 aliphatic carbocycles. The average molecular weight is 288 g/mol. The summed E-state index contributed by atoms with van der Waals surface area (Å²) in [5.41, 5.74) is 2.51. The van der Waals surface area contributed by atoms with E-state index in [-0.39, 0.29) is 6.04 Å². The highest BCUT2D eigenvalue weighted by atomic mass is 35.5. The van der Waals surface area contributed by atoms with Gasteiger partial charge in [0.25, 0.3) is 0 Å². The van der Waals surface area contributed by atoms with Gasteiger partial charge >= 0.3 is 0 Å². The van der Waals surface area contributed by atoms with Crippen LogP contribution in [0.1, 0.15) is 17.2 Å². The Hall–Kier alpha value is -1.42. The molecule has 0 bridgehead atoms. The second kappa shape index (κ2) is 6.35. The van der Waals surface area contributed by atoms with E-state index in [4.69, 9.17) is 11.6 Å². The van der Waals surface area contributed by atoms with E-state index in [1.54, 1.807) is 0 Å². The number of rotatable bonds is 3. The van der Waals surface area contributed by atoms with Crippen molar-refractivity contribution in [2.45, 2.75) is 6.04 Å². The molecule has 1 fully saturated rings. The fraction of sp³-hybridized carbons (Fsp3) is 0.312. The molecule has 1 aromatic heterocycles. The van der Waals surface area contributed by atoms with Crippen molar-refractivity contribution in [3.05, 3.63) is 64.9 Å². The first-order chi connectivity index (χ1) is 9.84. The molecule has 1 unspecified atom stereocenters. The standard InChI is InChI=1S/C16H18ClN3/c17-15-3-1-2-14(12-15)16(13-4-6-18-7-5-13)20-10-8-19-9-11-20/h1-7,12,16,19H,8-11H2. The van der Waals surface area contributed by atoms with E-state index in [1.807, 2.05) is 24.5 Å². The minimum atomic E-state index is 0.249. The first-order valence-electron chi connectivity index (χ1n) is 6.95. The molecule has 2 heterocycles. The molecule has 3 rings (SSSR count). The van der Waals surface area contributed by atoms with Crippen molar-refractivity contribution in [3.8, 4) is 0 Å². The Morgan fingerprint density at radius 1 is 1.05 bits per heavy atom.